The summed E-state index contributed by atoms with van der Waals surface area (Å²) in [5.74, 6) is -2.02. The van der Waals surface area contributed by atoms with Crippen molar-refractivity contribution < 1.29 is 27.3 Å². The molecule has 3 N–H and O–H groups in total. The highest BCUT2D eigenvalue weighted by Crippen LogP contribution is 2.51. The van der Waals surface area contributed by atoms with Crippen LogP contribution in [0.2, 0.25) is 5.15 Å². The lowest BCUT2D eigenvalue weighted by molar-refractivity contribution is -0.119. The van der Waals surface area contributed by atoms with Crippen LogP contribution in [0.4, 0.5) is 18.9 Å². The van der Waals surface area contributed by atoms with E-state index in [1.807, 2.05) is 6.92 Å². The number of halogens is 4. The van der Waals surface area contributed by atoms with Gasteiger partial charge in [-0.05, 0) is 55.9 Å². The van der Waals surface area contributed by atoms with Gasteiger partial charge in [0.2, 0.25) is 12.3 Å². The Morgan fingerprint density at radius 3 is 2.58 bits per heavy atom. The summed E-state index contributed by atoms with van der Waals surface area (Å²) >= 11 is 5.84. The van der Waals surface area contributed by atoms with E-state index in [1.165, 1.54) is 6.26 Å². The predicted molar refractivity (Wildman–Crippen MR) is 136 cm³/mol. The van der Waals surface area contributed by atoms with E-state index in [1.54, 1.807) is 0 Å². The molecule has 5 rings (SSSR count). The van der Waals surface area contributed by atoms with Crippen molar-refractivity contribution in [1.29, 1.82) is 0 Å². The first-order valence-corrected chi connectivity index (χ1v) is 13.4. The molecular weight excluding hydrogens is 555 g/mol. The van der Waals surface area contributed by atoms with Crippen molar-refractivity contribution in [3.05, 3.63) is 56.8 Å². The van der Waals surface area contributed by atoms with Crippen LogP contribution in [0.15, 0.2) is 27.8 Å². The number of nitrogens with one attached hydrogen (secondary N) is 3. The SMILES string of the molecule is CCc1nocc1C(=O)N[C@H](C(=O)Nc1cn([C@@H](CC(F)F)c2cc(Cl)n[nH]c2=O)nc1F)C(C1CC1)C1CC1. The fourth-order valence-electron chi connectivity index (χ4n) is 5.16. The van der Waals surface area contributed by atoms with Crippen molar-refractivity contribution >= 4 is 29.1 Å². The lowest BCUT2D eigenvalue weighted by atomic mass is 9.88. The van der Waals surface area contributed by atoms with Gasteiger partial charge in [0.1, 0.15) is 28.7 Å². The Balaban J connectivity index is 1.42. The molecule has 2 aliphatic rings. The van der Waals surface area contributed by atoms with Crippen molar-refractivity contribution in [2.24, 2.45) is 17.8 Å². The number of aryl methyl sites for hydroxylation is 1. The third kappa shape index (κ3) is 6.06. The molecule has 15 heteroatoms. The second kappa shape index (κ2) is 11.4. The molecule has 0 aromatic carbocycles. The zero-order valence-electron chi connectivity index (χ0n) is 21.4. The summed E-state index contributed by atoms with van der Waals surface area (Å²) in [6.45, 7) is 1.81. The second-order valence-electron chi connectivity index (χ2n) is 10.2. The molecule has 2 fully saturated rings. The van der Waals surface area contributed by atoms with Crippen molar-refractivity contribution in [1.82, 2.24) is 30.5 Å². The van der Waals surface area contributed by atoms with Crippen LogP contribution >= 0.6 is 11.6 Å². The standard InChI is InChI=1S/C25H27ClF3N7O4/c1-2-15-14(10-40-35-15)23(37)31-21(20(11-3-4-11)12-5-6-12)25(39)30-16-9-36(34-22(16)29)17(8-19(27)28)13-7-18(26)32-33-24(13)38/h7,9-12,17,19-21H,2-6,8H2,1H3,(H,30,39)(H,31,37)(H,33,38)/t17-,21-/m0/s1. The molecular formula is C25H27ClF3N7O4. The summed E-state index contributed by atoms with van der Waals surface area (Å²) < 4.78 is 47.6. The monoisotopic (exact) mass is 581 g/mol. The molecule has 11 nitrogen and oxygen atoms in total. The van der Waals surface area contributed by atoms with Crippen LogP contribution < -0.4 is 16.2 Å². The smallest absolute Gasteiger partial charge is 0.269 e. The minimum absolute atomic E-state index is 0.154. The number of H-pyrrole nitrogens is 1. The van der Waals surface area contributed by atoms with Gasteiger partial charge in [-0.1, -0.05) is 23.7 Å². The van der Waals surface area contributed by atoms with Gasteiger partial charge in [-0.15, -0.1) is 5.10 Å². The highest BCUT2D eigenvalue weighted by Gasteiger charge is 2.48. The Kier molecular flexibility index (Phi) is 7.97. The van der Waals surface area contributed by atoms with Crippen LogP contribution in [0.5, 0.6) is 0 Å². The van der Waals surface area contributed by atoms with Gasteiger partial charge in [0.15, 0.2) is 0 Å². The molecule has 3 aromatic heterocycles. The zero-order valence-corrected chi connectivity index (χ0v) is 22.1. The van der Waals surface area contributed by atoms with E-state index in [0.29, 0.717) is 12.1 Å². The van der Waals surface area contributed by atoms with Gasteiger partial charge >= 0.3 is 0 Å². The van der Waals surface area contributed by atoms with E-state index >= 15 is 0 Å². The first-order chi connectivity index (χ1) is 19.2. The number of aromatic amines is 1. The number of carbonyl (C=O) groups excluding carboxylic acids is 2. The maximum absolute atomic E-state index is 15.0. The molecule has 2 aliphatic carbocycles. The van der Waals surface area contributed by atoms with E-state index in [0.717, 1.165) is 42.6 Å². The summed E-state index contributed by atoms with van der Waals surface area (Å²) in [6.07, 6.45) is 2.61. The molecule has 3 aromatic rings. The molecule has 0 saturated heterocycles. The van der Waals surface area contributed by atoms with Crippen LogP contribution in [0.1, 0.15) is 66.7 Å². The fraction of sp³-hybridized carbons (Fsp3) is 0.520. The lowest BCUT2D eigenvalue weighted by Gasteiger charge is -2.27. The highest BCUT2D eigenvalue weighted by atomic mass is 35.5. The zero-order chi connectivity index (χ0) is 28.6. The largest absolute Gasteiger partial charge is 0.364 e. The highest BCUT2D eigenvalue weighted by molar-refractivity contribution is 6.29. The topological polar surface area (TPSA) is 148 Å². The molecule has 0 bridgehead atoms. The van der Waals surface area contributed by atoms with E-state index in [9.17, 15) is 27.6 Å². The first kappa shape index (κ1) is 27.9. The molecule has 0 radical (unpaired) electrons. The third-order valence-electron chi connectivity index (χ3n) is 7.34. The molecule has 0 spiro atoms. The molecule has 2 amide bonds. The van der Waals surface area contributed by atoms with E-state index < -0.39 is 48.3 Å². The van der Waals surface area contributed by atoms with Gasteiger partial charge in [-0.3, -0.25) is 19.1 Å². The number of anilines is 1. The number of nitrogens with zero attached hydrogens (tertiary/aromatic N) is 4. The average molecular weight is 582 g/mol. The van der Waals surface area contributed by atoms with Gasteiger partial charge < -0.3 is 15.2 Å². The van der Waals surface area contributed by atoms with E-state index in [4.69, 9.17) is 16.1 Å². The van der Waals surface area contributed by atoms with Gasteiger partial charge in [-0.2, -0.15) is 9.49 Å². The van der Waals surface area contributed by atoms with Crippen LogP contribution in [0, 0.1) is 23.7 Å². The number of hydrogen-bond donors (Lipinski definition) is 3. The Bertz CT molecular complexity index is 1440. The lowest BCUT2D eigenvalue weighted by Crippen LogP contribution is -2.50. The number of alkyl halides is 2. The van der Waals surface area contributed by atoms with Crippen LogP contribution in [0.25, 0.3) is 0 Å². The van der Waals surface area contributed by atoms with Crippen molar-refractivity contribution in [2.75, 3.05) is 5.32 Å². The molecule has 3 heterocycles. The van der Waals surface area contributed by atoms with E-state index in [2.05, 4.69) is 31.1 Å². The molecule has 214 valence electrons. The molecule has 0 unspecified atom stereocenters. The Morgan fingerprint density at radius 2 is 1.95 bits per heavy atom. The summed E-state index contributed by atoms with van der Waals surface area (Å²) in [5.41, 5.74) is -0.731. The Labute approximate surface area is 230 Å². The van der Waals surface area contributed by atoms with Crippen molar-refractivity contribution in [3.8, 4) is 0 Å². The summed E-state index contributed by atoms with van der Waals surface area (Å²) in [4.78, 5) is 39.0. The summed E-state index contributed by atoms with van der Waals surface area (Å²) in [5, 5.41) is 18.2. The van der Waals surface area contributed by atoms with Gasteiger partial charge in [0.05, 0.1) is 17.9 Å². The maximum Gasteiger partial charge on any atom is 0.269 e. The van der Waals surface area contributed by atoms with Crippen molar-refractivity contribution in [2.45, 2.75) is 64.0 Å². The van der Waals surface area contributed by atoms with Crippen LogP contribution in [-0.4, -0.2) is 49.4 Å². The second-order valence-corrected chi connectivity index (χ2v) is 10.5. The number of amides is 2. The number of carbonyl (C=O) groups is 2. The van der Waals surface area contributed by atoms with Crippen LogP contribution in [0.3, 0.4) is 0 Å². The molecule has 2 atom stereocenters. The van der Waals surface area contributed by atoms with Gasteiger partial charge in [0.25, 0.3) is 17.4 Å². The Hall–Kier alpha value is -3.68. The van der Waals surface area contributed by atoms with Crippen molar-refractivity contribution in [3.63, 3.8) is 0 Å². The molecule has 0 aliphatic heterocycles. The average Bonchev–Trinajstić information content (AvgIpc) is 3.85. The maximum atomic E-state index is 15.0. The van der Waals surface area contributed by atoms with Gasteiger partial charge in [0, 0.05) is 12.0 Å². The number of aromatic nitrogens is 5. The van der Waals surface area contributed by atoms with Crippen LogP contribution in [-0.2, 0) is 11.2 Å². The predicted octanol–water partition coefficient (Wildman–Crippen LogP) is 3.73. The fourth-order valence-corrected chi connectivity index (χ4v) is 5.32. The molecule has 40 heavy (non-hydrogen) atoms. The Morgan fingerprint density at radius 1 is 1.25 bits per heavy atom. The first-order valence-electron chi connectivity index (χ1n) is 13.0. The van der Waals surface area contributed by atoms with E-state index in [-0.39, 0.29) is 39.7 Å². The summed E-state index contributed by atoms with van der Waals surface area (Å²) in [6, 6.07) is -1.29. The number of rotatable bonds is 12. The van der Waals surface area contributed by atoms with Gasteiger partial charge in [-0.25, -0.2) is 13.9 Å². The minimum atomic E-state index is -2.87. The minimum Gasteiger partial charge on any atom is -0.364 e. The third-order valence-corrected chi connectivity index (χ3v) is 7.53. The summed E-state index contributed by atoms with van der Waals surface area (Å²) in [7, 11) is 0. The quantitative estimate of drug-likeness (QED) is 0.295. The molecule has 2 saturated carbocycles. The number of hydrogen-bond acceptors (Lipinski definition) is 7. The normalized spacial score (nSPS) is 16.8.